The molecule has 16 heavy (non-hydrogen) atoms. The number of methoxy groups -OCH3 is 1. The molecule has 0 heterocycles. The Morgan fingerprint density at radius 3 is 2.50 bits per heavy atom. The number of hydrogen-bond donors (Lipinski definition) is 1. The lowest BCUT2D eigenvalue weighted by molar-refractivity contribution is -0.130. The maximum atomic E-state index is 11.7. The van der Waals surface area contributed by atoms with E-state index in [1.165, 1.54) is 0 Å². The molecular weight excluding hydrogens is 204 g/mol. The Labute approximate surface area is 99.3 Å². The summed E-state index contributed by atoms with van der Waals surface area (Å²) in [5, 5.41) is 3.32. The van der Waals surface area contributed by atoms with E-state index < -0.39 is 0 Å². The molecule has 0 fully saturated rings. The molecule has 96 valence electrons. The summed E-state index contributed by atoms with van der Waals surface area (Å²) < 4.78 is 5.00. The molecule has 0 radical (unpaired) electrons. The summed E-state index contributed by atoms with van der Waals surface area (Å²) in [4.78, 5) is 13.5. The van der Waals surface area contributed by atoms with Crippen molar-refractivity contribution in [1.82, 2.24) is 10.2 Å². The molecule has 4 nitrogen and oxygen atoms in total. The SMILES string of the molecule is CCN(CC)C(=O)CCNC(C)CCOC. The van der Waals surface area contributed by atoms with Crippen molar-refractivity contribution in [3.63, 3.8) is 0 Å². The van der Waals surface area contributed by atoms with E-state index in [0.29, 0.717) is 12.5 Å². The molecule has 0 aliphatic carbocycles. The minimum Gasteiger partial charge on any atom is -0.385 e. The first-order chi connectivity index (χ1) is 7.65. The molecule has 1 amide bonds. The van der Waals surface area contributed by atoms with Crippen molar-refractivity contribution in [3.05, 3.63) is 0 Å². The van der Waals surface area contributed by atoms with E-state index in [2.05, 4.69) is 12.2 Å². The smallest absolute Gasteiger partial charge is 0.223 e. The quantitative estimate of drug-likeness (QED) is 0.648. The first-order valence-electron chi connectivity index (χ1n) is 6.15. The Morgan fingerprint density at radius 1 is 1.38 bits per heavy atom. The summed E-state index contributed by atoms with van der Waals surface area (Å²) >= 11 is 0. The van der Waals surface area contributed by atoms with Crippen LogP contribution in [0.4, 0.5) is 0 Å². The van der Waals surface area contributed by atoms with Crippen molar-refractivity contribution in [3.8, 4) is 0 Å². The highest BCUT2D eigenvalue weighted by Crippen LogP contribution is 1.95. The molecule has 1 N–H and O–H groups in total. The Balaban J connectivity index is 3.60. The van der Waals surface area contributed by atoms with Gasteiger partial charge < -0.3 is 15.0 Å². The second kappa shape index (κ2) is 9.60. The maximum absolute atomic E-state index is 11.7. The average Bonchev–Trinajstić information content (AvgIpc) is 2.28. The molecule has 0 aromatic heterocycles. The summed E-state index contributed by atoms with van der Waals surface area (Å²) in [5.74, 6) is 0.233. The van der Waals surface area contributed by atoms with E-state index in [0.717, 1.165) is 32.7 Å². The van der Waals surface area contributed by atoms with Crippen LogP contribution in [0.1, 0.15) is 33.6 Å². The number of rotatable bonds is 9. The van der Waals surface area contributed by atoms with Gasteiger partial charge in [-0.25, -0.2) is 0 Å². The van der Waals surface area contributed by atoms with Crippen molar-refractivity contribution >= 4 is 5.91 Å². The fraction of sp³-hybridized carbons (Fsp3) is 0.917. The van der Waals surface area contributed by atoms with Crippen molar-refractivity contribution < 1.29 is 9.53 Å². The number of carbonyl (C=O) groups is 1. The van der Waals surface area contributed by atoms with Gasteiger partial charge in [0.05, 0.1) is 0 Å². The highest BCUT2D eigenvalue weighted by atomic mass is 16.5. The zero-order valence-corrected chi connectivity index (χ0v) is 11.1. The van der Waals surface area contributed by atoms with Gasteiger partial charge in [0.15, 0.2) is 0 Å². The number of amides is 1. The van der Waals surface area contributed by atoms with Gasteiger partial charge in [0, 0.05) is 45.8 Å². The van der Waals surface area contributed by atoms with Gasteiger partial charge in [0.1, 0.15) is 0 Å². The lowest BCUT2D eigenvalue weighted by Crippen LogP contribution is -2.35. The van der Waals surface area contributed by atoms with E-state index >= 15 is 0 Å². The van der Waals surface area contributed by atoms with Crippen LogP contribution in [0, 0.1) is 0 Å². The molecule has 0 aromatic rings. The monoisotopic (exact) mass is 230 g/mol. The van der Waals surface area contributed by atoms with Gasteiger partial charge in [-0.1, -0.05) is 0 Å². The fourth-order valence-corrected chi connectivity index (χ4v) is 1.56. The maximum Gasteiger partial charge on any atom is 0.223 e. The normalized spacial score (nSPS) is 12.5. The van der Waals surface area contributed by atoms with Crippen LogP contribution in [-0.4, -0.2) is 50.2 Å². The molecular formula is C12H26N2O2. The average molecular weight is 230 g/mol. The van der Waals surface area contributed by atoms with Crippen molar-refractivity contribution in [1.29, 1.82) is 0 Å². The topological polar surface area (TPSA) is 41.6 Å². The Morgan fingerprint density at radius 2 is 2.00 bits per heavy atom. The Hall–Kier alpha value is -0.610. The second-order valence-electron chi connectivity index (χ2n) is 3.95. The minimum absolute atomic E-state index is 0.233. The number of hydrogen-bond acceptors (Lipinski definition) is 3. The molecule has 0 aliphatic rings. The molecule has 1 atom stereocenters. The van der Waals surface area contributed by atoms with Crippen LogP contribution in [0.25, 0.3) is 0 Å². The lowest BCUT2D eigenvalue weighted by atomic mass is 10.2. The second-order valence-corrected chi connectivity index (χ2v) is 3.95. The van der Waals surface area contributed by atoms with Gasteiger partial charge in [0.2, 0.25) is 5.91 Å². The predicted molar refractivity (Wildman–Crippen MR) is 66.5 cm³/mol. The van der Waals surface area contributed by atoms with Crippen LogP contribution in [-0.2, 0) is 9.53 Å². The summed E-state index contributed by atoms with van der Waals surface area (Å²) in [6, 6.07) is 0.407. The molecule has 0 saturated carbocycles. The van der Waals surface area contributed by atoms with Gasteiger partial charge in [-0.2, -0.15) is 0 Å². The predicted octanol–water partition coefficient (Wildman–Crippen LogP) is 1.26. The van der Waals surface area contributed by atoms with Crippen LogP contribution < -0.4 is 5.32 Å². The summed E-state index contributed by atoms with van der Waals surface area (Å²) in [7, 11) is 1.70. The van der Waals surface area contributed by atoms with Gasteiger partial charge in [-0.3, -0.25) is 4.79 Å². The van der Waals surface area contributed by atoms with Crippen LogP contribution in [0.5, 0.6) is 0 Å². The van der Waals surface area contributed by atoms with E-state index in [4.69, 9.17) is 4.74 Å². The van der Waals surface area contributed by atoms with Crippen LogP contribution in [0.2, 0.25) is 0 Å². The zero-order chi connectivity index (χ0) is 12.4. The largest absolute Gasteiger partial charge is 0.385 e. The van der Waals surface area contributed by atoms with Crippen LogP contribution >= 0.6 is 0 Å². The van der Waals surface area contributed by atoms with Crippen LogP contribution in [0.3, 0.4) is 0 Å². The van der Waals surface area contributed by atoms with Gasteiger partial charge >= 0.3 is 0 Å². The first-order valence-corrected chi connectivity index (χ1v) is 6.15. The number of nitrogens with one attached hydrogen (secondary N) is 1. The third-order valence-corrected chi connectivity index (χ3v) is 2.70. The van der Waals surface area contributed by atoms with E-state index in [9.17, 15) is 4.79 Å². The number of ether oxygens (including phenoxy) is 1. The van der Waals surface area contributed by atoms with Gasteiger partial charge in [-0.15, -0.1) is 0 Å². The Bertz CT molecular complexity index is 182. The summed E-state index contributed by atoms with van der Waals surface area (Å²) in [5.41, 5.74) is 0. The molecule has 0 aromatic carbocycles. The summed E-state index contributed by atoms with van der Waals surface area (Å²) in [6.45, 7) is 9.24. The molecule has 4 heteroatoms. The lowest BCUT2D eigenvalue weighted by Gasteiger charge is -2.19. The third kappa shape index (κ3) is 6.80. The van der Waals surface area contributed by atoms with Crippen molar-refractivity contribution in [2.24, 2.45) is 0 Å². The van der Waals surface area contributed by atoms with Gasteiger partial charge in [0.25, 0.3) is 0 Å². The fourth-order valence-electron chi connectivity index (χ4n) is 1.56. The Kier molecular flexibility index (Phi) is 9.24. The number of nitrogens with zero attached hydrogens (tertiary/aromatic N) is 1. The summed E-state index contributed by atoms with van der Waals surface area (Å²) in [6.07, 6.45) is 1.56. The molecule has 0 spiro atoms. The van der Waals surface area contributed by atoms with E-state index in [1.807, 2.05) is 18.7 Å². The number of carbonyl (C=O) groups excluding carboxylic acids is 1. The third-order valence-electron chi connectivity index (χ3n) is 2.70. The van der Waals surface area contributed by atoms with Crippen LogP contribution in [0.15, 0.2) is 0 Å². The van der Waals surface area contributed by atoms with Crippen molar-refractivity contribution in [2.75, 3.05) is 33.4 Å². The molecule has 0 rings (SSSR count). The van der Waals surface area contributed by atoms with E-state index in [1.54, 1.807) is 7.11 Å². The molecule has 0 aliphatic heterocycles. The first kappa shape index (κ1) is 15.4. The standard InChI is InChI=1S/C12H26N2O2/c1-5-14(6-2)12(15)7-9-13-11(3)8-10-16-4/h11,13H,5-10H2,1-4H3. The molecule has 0 bridgehead atoms. The minimum atomic E-state index is 0.233. The molecule has 1 unspecified atom stereocenters. The zero-order valence-electron chi connectivity index (χ0n) is 11.1. The van der Waals surface area contributed by atoms with Gasteiger partial charge in [-0.05, 0) is 27.2 Å². The van der Waals surface area contributed by atoms with Crippen molar-refractivity contribution in [2.45, 2.75) is 39.7 Å². The highest BCUT2D eigenvalue weighted by molar-refractivity contribution is 5.76. The molecule has 0 saturated heterocycles. The highest BCUT2D eigenvalue weighted by Gasteiger charge is 2.09. The van der Waals surface area contributed by atoms with E-state index in [-0.39, 0.29) is 5.91 Å².